The first-order chi connectivity index (χ1) is 13.7. The third-order valence-electron chi connectivity index (χ3n) is 4.77. The number of halogens is 2. The zero-order chi connectivity index (χ0) is 21.3. The fourth-order valence-electron chi connectivity index (χ4n) is 3.06. The van der Waals surface area contributed by atoms with E-state index in [1.807, 2.05) is 62.4 Å². The van der Waals surface area contributed by atoms with Crippen LogP contribution in [-0.4, -0.2) is 20.7 Å². The third kappa shape index (κ3) is 4.42. The molecule has 1 aromatic heterocycles. The number of hydrogen-bond acceptors (Lipinski definition) is 3. The Balaban J connectivity index is 2.00. The average molecular weight is 508 g/mol. The van der Waals surface area contributed by atoms with Crippen molar-refractivity contribution in [3.63, 3.8) is 0 Å². The monoisotopic (exact) mass is 508 g/mol. The number of nitrogens with one attached hydrogen (secondary N) is 2. The molecule has 3 rings (SSSR count). The van der Waals surface area contributed by atoms with Crippen LogP contribution >= 0.6 is 22.6 Å². The molecule has 2 N–H and O–H groups in total. The van der Waals surface area contributed by atoms with E-state index in [1.165, 1.54) is 6.07 Å². The summed E-state index contributed by atoms with van der Waals surface area (Å²) in [7, 11) is 0. The minimum Gasteiger partial charge on any atom is -0.352 e. The molecule has 0 fully saturated rings. The Bertz CT molecular complexity index is 1130. The van der Waals surface area contributed by atoms with E-state index in [-0.39, 0.29) is 11.8 Å². The smallest absolute Gasteiger partial charge is 0.348 e. The summed E-state index contributed by atoms with van der Waals surface area (Å²) in [6.07, 6.45) is 0. The van der Waals surface area contributed by atoms with E-state index < -0.39 is 11.5 Å². The molecule has 1 heterocycles. The second kappa shape index (κ2) is 8.48. The maximum atomic E-state index is 13.9. The number of aromatic nitrogens is 3. The van der Waals surface area contributed by atoms with Crippen LogP contribution in [0.2, 0.25) is 0 Å². The minimum atomic E-state index is -0.446. The van der Waals surface area contributed by atoms with E-state index in [9.17, 15) is 14.0 Å². The van der Waals surface area contributed by atoms with Gasteiger partial charge in [-0.2, -0.15) is 4.68 Å². The van der Waals surface area contributed by atoms with Crippen LogP contribution in [0.25, 0.3) is 17.1 Å². The highest BCUT2D eigenvalue weighted by Crippen LogP contribution is 2.27. The minimum absolute atomic E-state index is 0.0232. The molecule has 0 spiro atoms. The fraction of sp³-hybridized carbons (Fsp3) is 0.286. The molecule has 0 unspecified atom stereocenters. The van der Waals surface area contributed by atoms with Gasteiger partial charge in [0.25, 0.3) is 0 Å². The molecule has 152 valence electrons. The SMILES string of the molecule is Cc1ccc(CNC(=O)C(C)C)c(C)c1-c1nn(-c2ccc(I)c(F)c2)c(=O)[nH]1. The van der Waals surface area contributed by atoms with Gasteiger partial charge in [-0.3, -0.25) is 9.78 Å². The van der Waals surface area contributed by atoms with Gasteiger partial charge in [-0.15, -0.1) is 5.10 Å². The van der Waals surface area contributed by atoms with Gasteiger partial charge in [-0.25, -0.2) is 9.18 Å². The van der Waals surface area contributed by atoms with Gasteiger partial charge in [0, 0.05) is 27.7 Å². The Hall–Kier alpha value is -2.49. The molecule has 8 heteroatoms. The lowest BCUT2D eigenvalue weighted by molar-refractivity contribution is -0.124. The van der Waals surface area contributed by atoms with Crippen molar-refractivity contribution in [2.45, 2.75) is 34.2 Å². The molecule has 3 aromatic rings. The molecule has 0 aliphatic carbocycles. The topological polar surface area (TPSA) is 79.8 Å². The summed E-state index contributed by atoms with van der Waals surface area (Å²) in [6, 6.07) is 8.42. The zero-order valence-electron chi connectivity index (χ0n) is 16.6. The number of H-pyrrole nitrogens is 1. The summed E-state index contributed by atoms with van der Waals surface area (Å²) in [4.78, 5) is 27.1. The van der Waals surface area contributed by atoms with Crippen LogP contribution in [0.1, 0.15) is 30.5 Å². The first kappa shape index (κ1) is 21.2. The molecule has 29 heavy (non-hydrogen) atoms. The van der Waals surface area contributed by atoms with E-state index in [0.29, 0.717) is 21.6 Å². The van der Waals surface area contributed by atoms with Crippen molar-refractivity contribution in [3.05, 3.63) is 66.9 Å². The summed E-state index contributed by atoms with van der Waals surface area (Å²) >= 11 is 1.89. The number of nitrogens with zero attached hydrogens (tertiary/aromatic N) is 2. The molecule has 2 aromatic carbocycles. The number of carbonyl (C=O) groups excluding carboxylic acids is 1. The quantitative estimate of drug-likeness (QED) is 0.514. The van der Waals surface area contributed by atoms with Gasteiger partial charge in [0.15, 0.2) is 5.82 Å². The average Bonchev–Trinajstić information content (AvgIpc) is 3.04. The Morgan fingerprint density at radius 1 is 1.28 bits per heavy atom. The Morgan fingerprint density at radius 3 is 2.66 bits per heavy atom. The van der Waals surface area contributed by atoms with Gasteiger partial charge in [-0.05, 0) is 65.3 Å². The van der Waals surface area contributed by atoms with Gasteiger partial charge in [0.2, 0.25) is 5.91 Å². The van der Waals surface area contributed by atoms with Gasteiger partial charge >= 0.3 is 5.69 Å². The van der Waals surface area contributed by atoms with Crippen LogP contribution < -0.4 is 11.0 Å². The molecule has 0 aliphatic heterocycles. The highest BCUT2D eigenvalue weighted by molar-refractivity contribution is 14.1. The van der Waals surface area contributed by atoms with Crippen molar-refractivity contribution in [1.29, 1.82) is 0 Å². The highest BCUT2D eigenvalue weighted by atomic mass is 127. The van der Waals surface area contributed by atoms with Crippen LogP contribution in [0.15, 0.2) is 35.1 Å². The molecule has 1 amide bonds. The standard InChI is InChI=1S/C21H22FIN4O2/c1-11(2)20(28)24-10-14-6-5-12(3)18(13(14)4)19-25-21(29)27(26-19)15-7-8-17(23)16(22)9-15/h5-9,11H,10H2,1-4H3,(H,24,28)(H,25,26,29). The number of aryl methyl sites for hydroxylation is 1. The van der Waals surface area contributed by atoms with Crippen molar-refractivity contribution in [2.24, 2.45) is 5.92 Å². The summed E-state index contributed by atoms with van der Waals surface area (Å²) in [5.74, 6) is -0.123. The Kier molecular flexibility index (Phi) is 6.21. The van der Waals surface area contributed by atoms with Gasteiger partial charge in [0.1, 0.15) is 5.82 Å². The van der Waals surface area contributed by atoms with Crippen molar-refractivity contribution in [2.75, 3.05) is 0 Å². The van der Waals surface area contributed by atoms with E-state index in [4.69, 9.17) is 0 Å². The van der Waals surface area contributed by atoms with E-state index in [1.54, 1.807) is 12.1 Å². The van der Waals surface area contributed by atoms with Crippen molar-refractivity contribution in [1.82, 2.24) is 20.1 Å². The van der Waals surface area contributed by atoms with Crippen LogP contribution in [0.4, 0.5) is 4.39 Å². The normalized spacial score (nSPS) is 11.1. The molecule has 0 saturated carbocycles. The zero-order valence-corrected chi connectivity index (χ0v) is 18.8. The lowest BCUT2D eigenvalue weighted by Crippen LogP contribution is -2.27. The number of carbonyl (C=O) groups is 1. The van der Waals surface area contributed by atoms with Crippen molar-refractivity contribution in [3.8, 4) is 17.1 Å². The molecular weight excluding hydrogens is 486 g/mol. The van der Waals surface area contributed by atoms with E-state index in [0.717, 1.165) is 26.9 Å². The predicted molar refractivity (Wildman–Crippen MR) is 118 cm³/mol. The van der Waals surface area contributed by atoms with Crippen LogP contribution in [0.3, 0.4) is 0 Å². The van der Waals surface area contributed by atoms with Crippen LogP contribution in [0.5, 0.6) is 0 Å². The van der Waals surface area contributed by atoms with E-state index >= 15 is 0 Å². The first-order valence-electron chi connectivity index (χ1n) is 9.21. The highest BCUT2D eigenvalue weighted by Gasteiger charge is 2.17. The molecule has 0 aliphatic rings. The number of rotatable bonds is 5. The second-order valence-corrected chi connectivity index (χ2v) is 8.37. The molecule has 0 atom stereocenters. The Morgan fingerprint density at radius 2 is 2.00 bits per heavy atom. The molecule has 0 saturated heterocycles. The third-order valence-corrected chi connectivity index (χ3v) is 5.64. The largest absolute Gasteiger partial charge is 0.352 e. The number of benzene rings is 2. The van der Waals surface area contributed by atoms with Crippen LogP contribution in [-0.2, 0) is 11.3 Å². The van der Waals surface area contributed by atoms with Gasteiger partial charge in [0.05, 0.1) is 5.69 Å². The molecule has 0 radical (unpaired) electrons. The van der Waals surface area contributed by atoms with E-state index in [2.05, 4.69) is 15.4 Å². The van der Waals surface area contributed by atoms with Crippen molar-refractivity contribution >= 4 is 28.5 Å². The first-order valence-corrected chi connectivity index (χ1v) is 10.3. The summed E-state index contributed by atoms with van der Waals surface area (Å²) in [6.45, 7) is 7.94. The lowest BCUT2D eigenvalue weighted by atomic mass is 9.97. The van der Waals surface area contributed by atoms with Crippen molar-refractivity contribution < 1.29 is 9.18 Å². The second-order valence-electron chi connectivity index (χ2n) is 7.20. The lowest BCUT2D eigenvalue weighted by Gasteiger charge is -2.14. The summed E-state index contributed by atoms with van der Waals surface area (Å²) < 4.78 is 15.5. The van der Waals surface area contributed by atoms with Gasteiger partial charge < -0.3 is 5.32 Å². The fourth-order valence-corrected chi connectivity index (χ4v) is 3.40. The molecular formula is C21H22FIN4O2. The predicted octanol–water partition coefficient (Wildman–Crippen LogP) is 3.86. The maximum absolute atomic E-state index is 13.9. The maximum Gasteiger partial charge on any atom is 0.348 e. The van der Waals surface area contributed by atoms with Crippen LogP contribution in [0, 0.1) is 29.2 Å². The number of hydrogen-bond donors (Lipinski definition) is 2. The Labute approximate surface area is 181 Å². The van der Waals surface area contributed by atoms with Gasteiger partial charge in [-0.1, -0.05) is 26.0 Å². The summed E-state index contributed by atoms with van der Waals surface area (Å²) in [5.41, 5.74) is 3.50. The summed E-state index contributed by atoms with van der Waals surface area (Å²) in [5, 5.41) is 7.31. The molecule has 0 bridgehead atoms. The number of aromatic amines is 1. The molecule has 6 nitrogen and oxygen atoms in total. The number of amides is 1.